The molecule has 4 nitrogen and oxygen atoms in total. The molecule has 0 bridgehead atoms. The maximum absolute atomic E-state index is 13.6. The molecule has 0 aliphatic carbocycles. The molecule has 0 heterocycles. The van der Waals surface area contributed by atoms with Gasteiger partial charge in [0, 0.05) is 5.69 Å². The Balaban J connectivity index is 2.36. The third-order valence-electron chi connectivity index (χ3n) is 2.91. The van der Waals surface area contributed by atoms with E-state index in [9.17, 15) is 12.8 Å². The lowest BCUT2D eigenvalue weighted by atomic mass is 10.1. The molecule has 1 N–H and O–H groups in total. The van der Waals surface area contributed by atoms with Gasteiger partial charge < -0.3 is 4.74 Å². The van der Waals surface area contributed by atoms with E-state index in [0.717, 1.165) is 17.2 Å². The molecule has 21 heavy (non-hydrogen) atoms. The maximum atomic E-state index is 13.6. The fourth-order valence-corrected chi connectivity index (χ4v) is 3.11. The van der Waals surface area contributed by atoms with E-state index in [2.05, 4.69) is 4.72 Å². The summed E-state index contributed by atoms with van der Waals surface area (Å²) >= 11 is 0. The SMILES string of the molecule is COc1ccc(S(=O)(=O)Nc2cc(C)cc(C)c2)cc1F. The minimum absolute atomic E-state index is 0.000324. The van der Waals surface area contributed by atoms with Crippen molar-refractivity contribution in [3.8, 4) is 5.75 Å². The standard InChI is InChI=1S/C15H16FNO3S/c1-10-6-11(2)8-12(7-10)17-21(18,19)13-4-5-15(20-3)14(16)9-13/h4-9,17H,1-3H3. The highest BCUT2D eigenvalue weighted by Crippen LogP contribution is 2.23. The Labute approximate surface area is 123 Å². The molecule has 2 aromatic carbocycles. The molecule has 0 aliphatic rings. The number of rotatable bonds is 4. The number of hydrogen-bond donors (Lipinski definition) is 1. The third kappa shape index (κ3) is 3.52. The Bertz CT molecular complexity index is 752. The van der Waals surface area contributed by atoms with Crippen molar-refractivity contribution in [3.05, 3.63) is 53.3 Å². The van der Waals surface area contributed by atoms with E-state index < -0.39 is 15.8 Å². The summed E-state index contributed by atoms with van der Waals surface area (Å²) in [4.78, 5) is -0.153. The minimum Gasteiger partial charge on any atom is -0.494 e. The normalized spacial score (nSPS) is 11.2. The summed E-state index contributed by atoms with van der Waals surface area (Å²) in [6, 6.07) is 8.88. The van der Waals surface area contributed by atoms with Gasteiger partial charge >= 0.3 is 0 Å². The van der Waals surface area contributed by atoms with Gasteiger partial charge in [0.15, 0.2) is 11.6 Å². The van der Waals surface area contributed by atoms with Crippen molar-refractivity contribution in [1.82, 2.24) is 0 Å². The highest BCUT2D eigenvalue weighted by Gasteiger charge is 2.17. The van der Waals surface area contributed by atoms with Crippen LogP contribution >= 0.6 is 0 Å². The van der Waals surface area contributed by atoms with Crippen LogP contribution in [0.25, 0.3) is 0 Å². The van der Waals surface area contributed by atoms with Crippen molar-refractivity contribution in [1.29, 1.82) is 0 Å². The summed E-state index contributed by atoms with van der Waals surface area (Å²) in [6.45, 7) is 3.75. The molecule has 0 saturated carbocycles. The molecule has 0 saturated heterocycles. The highest BCUT2D eigenvalue weighted by atomic mass is 32.2. The molecule has 0 aliphatic heterocycles. The van der Waals surface area contributed by atoms with Crippen LogP contribution in [0.3, 0.4) is 0 Å². The molecular formula is C15H16FNO3S. The zero-order valence-electron chi connectivity index (χ0n) is 12.0. The van der Waals surface area contributed by atoms with Crippen molar-refractivity contribution < 1.29 is 17.5 Å². The van der Waals surface area contributed by atoms with Gasteiger partial charge in [0.25, 0.3) is 10.0 Å². The summed E-state index contributed by atoms with van der Waals surface area (Å²) in [7, 11) is -2.52. The first kappa shape index (κ1) is 15.3. The Kier molecular flexibility index (Phi) is 4.18. The summed E-state index contributed by atoms with van der Waals surface area (Å²) in [5.74, 6) is -0.721. The number of halogens is 1. The average molecular weight is 309 g/mol. The fourth-order valence-electron chi connectivity index (χ4n) is 2.06. The second-order valence-corrected chi connectivity index (χ2v) is 6.46. The van der Waals surface area contributed by atoms with Gasteiger partial charge in [-0.25, -0.2) is 12.8 Å². The highest BCUT2D eigenvalue weighted by molar-refractivity contribution is 7.92. The minimum atomic E-state index is -3.84. The molecule has 0 fully saturated rings. The summed E-state index contributed by atoms with van der Waals surface area (Å²) in [5, 5.41) is 0. The van der Waals surface area contributed by atoms with Gasteiger partial charge in [0.05, 0.1) is 12.0 Å². The van der Waals surface area contributed by atoms with Crippen molar-refractivity contribution in [2.45, 2.75) is 18.7 Å². The molecule has 112 valence electrons. The van der Waals surface area contributed by atoms with Crippen LogP contribution in [0.1, 0.15) is 11.1 Å². The molecule has 2 aromatic rings. The van der Waals surface area contributed by atoms with Crippen LogP contribution in [0.15, 0.2) is 41.3 Å². The van der Waals surface area contributed by atoms with Crippen molar-refractivity contribution in [2.24, 2.45) is 0 Å². The van der Waals surface area contributed by atoms with E-state index in [-0.39, 0.29) is 10.6 Å². The molecule has 0 unspecified atom stereocenters. The van der Waals surface area contributed by atoms with Crippen molar-refractivity contribution >= 4 is 15.7 Å². The van der Waals surface area contributed by atoms with E-state index >= 15 is 0 Å². The van der Waals surface area contributed by atoms with Crippen LogP contribution in [0.5, 0.6) is 5.75 Å². The molecule has 2 rings (SSSR count). The lowest BCUT2D eigenvalue weighted by Crippen LogP contribution is -2.13. The van der Waals surface area contributed by atoms with Crippen LogP contribution in [0.2, 0.25) is 0 Å². The summed E-state index contributed by atoms with van der Waals surface area (Å²) < 4.78 is 45.4. The molecular weight excluding hydrogens is 293 g/mol. The Morgan fingerprint density at radius 2 is 1.67 bits per heavy atom. The summed E-state index contributed by atoms with van der Waals surface area (Å²) in [5.41, 5.74) is 2.32. The van der Waals surface area contributed by atoms with Gasteiger partial charge in [-0.2, -0.15) is 0 Å². The predicted octanol–water partition coefficient (Wildman–Crippen LogP) is 3.25. The molecule has 6 heteroatoms. The van der Waals surface area contributed by atoms with Crippen LogP contribution in [-0.2, 0) is 10.0 Å². The summed E-state index contributed by atoms with van der Waals surface area (Å²) in [6.07, 6.45) is 0. The lowest BCUT2D eigenvalue weighted by Gasteiger charge is -2.10. The topological polar surface area (TPSA) is 55.4 Å². The molecule has 0 radical (unpaired) electrons. The van der Waals surface area contributed by atoms with E-state index in [1.54, 1.807) is 12.1 Å². The maximum Gasteiger partial charge on any atom is 0.262 e. The second-order valence-electron chi connectivity index (χ2n) is 4.78. The zero-order valence-corrected chi connectivity index (χ0v) is 12.8. The number of sulfonamides is 1. The number of anilines is 1. The molecule has 0 spiro atoms. The van der Waals surface area contributed by atoms with Crippen LogP contribution in [0, 0.1) is 19.7 Å². The fraction of sp³-hybridized carbons (Fsp3) is 0.200. The number of ether oxygens (including phenoxy) is 1. The quantitative estimate of drug-likeness (QED) is 0.943. The number of hydrogen-bond acceptors (Lipinski definition) is 3. The van der Waals surface area contributed by atoms with Crippen molar-refractivity contribution in [2.75, 3.05) is 11.8 Å². The van der Waals surface area contributed by atoms with Crippen LogP contribution in [-0.4, -0.2) is 15.5 Å². The Morgan fingerprint density at radius 1 is 1.05 bits per heavy atom. The first-order valence-corrected chi connectivity index (χ1v) is 7.75. The molecule has 0 atom stereocenters. The van der Waals surface area contributed by atoms with Gasteiger partial charge in [-0.3, -0.25) is 4.72 Å². The monoisotopic (exact) mass is 309 g/mol. The van der Waals surface area contributed by atoms with Gasteiger partial charge in [-0.15, -0.1) is 0 Å². The number of nitrogens with one attached hydrogen (secondary N) is 1. The van der Waals surface area contributed by atoms with Crippen molar-refractivity contribution in [3.63, 3.8) is 0 Å². The van der Waals surface area contributed by atoms with E-state index in [1.807, 2.05) is 19.9 Å². The van der Waals surface area contributed by atoms with Gasteiger partial charge in [0.2, 0.25) is 0 Å². The lowest BCUT2D eigenvalue weighted by molar-refractivity contribution is 0.385. The number of methoxy groups -OCH3 is 1. The van der Waals surface area contributed by atoms with Crippen LogP contribution in [0.4, 0.5) is 10.1 Å². The Morgan fingerprint density at radius 3 is 2.19 bits per heavy atom. The third-order valence-corrected chi connectivity index (χ3v) is 4.29. The van der Waals surface area contributed by atoms with E-state index in [1.165, 1.54) is 19.2 Å². The smallest absolute Gasteiger partial charge is 0.262 e. The molecule has 0 amide bonds. The number of aryl methyl sites for hydroxylation is 2. The second kappa shape index (κ2) is 5.73. The zero-order chi connectivity index (χ0) is 15.6. The van der Waals surface area contributed by atoms with E-state index in [0.29, 0.717) is 5.69 Å². The first-order chi connectivity index (χ1) is 9.81. The van der Waals surface area contributed by atoms with Gasteiger partial charge in [0.1, 0.15) is 0 Å². The van der Waals surface area contributed by atoms with Gasteiger partial charge in [-0.1, -0.05) is 6.07 Å². The van der Waals surface area contributed by atoms with Crippen LogP contribution < -0.4 is 9.46 Å². The first-order valence-electron chi connectivity index (χ1n) is 6.26. The Hall–Kier alpha value is -2.08. The largest absolute Gasteiger partial charge is 0.494 e. The average Bonchev–Trinajstić information content (AvgIpc) is 2.36. The van der Waals surface area contributed by atoms with Gasteiger partial charge in [-0.05, 0) is 55.3 Å². The molecule has 0 aromatic heterocycles. The number of benzene rings is 2. The predicted molar refractivity (Wildman–Crippen MR) is 79.7 cm³/mol. The van der Waals surface area contributed by atoms with E-state index in [4.69, 9.17) is 4.74 Å².